The Bertz CT molecular complexity index is 569. The number of nitrogens with zero attached hydrogens (tertiary/aromatic N) is 1. The van der Waals surface area contributed by atoms with Crippen molar-refractivity contribution in [2.24, 2.45) is 0 Å². The first kappa shape index (κ1) is 13.4. The molecule has 0 fully saturated rings. The number of nitrogens with two attached hydrogens (primary N) is 1. The molecule has 2 heterocycles. The van der Waals surface area contributed by atoms with Gasteiger partial charge in [0.05, 0.1) is 24.4 Å². The summed E-state index contributed by atoms with van der Waals surface area (Å²) in [5.41, 5.74) is 7.71. The minimum Gasteiger partial charge on any atom is -0.465 e. The molecule has 0 amide bonds. The van der Waals surface area contributed by atoms with Crippen molar-refractivity contribution in [2.75, 3.05) is 18.2 Å². The lowest BCUT2D eigenvalue weighted by molar-refractivity contribution is 0.0602. The molecule has 0 saturated heterocycles. The fourth-order valence-corrected chi connectivity index (χ4v) is 2.44. The first-order valence-corrected chi connectivity index (χ1v) is 6.69. The van der Waals surface area contributed by atoms with Crippen LogP contribution in [-0.2, 0) is 4.74 Å². The van der Waals surface area contributed by atoms with E-state index in [1.165, 1.54) is 13.3 Å². The smallest absolute Gasteiger partial charge is 0.340 e. The van der Waals surface area contributed by atoms with Crippen LogP contribution in [0.5, 0.6) is 0 Å². The molecule has 1 unspecified atom stereocenters. The molecule has 6 heteroatoms. The second-order valence-corrected chi connectivity index (χ2v) is 4.82. The third kappa shape index (κ3) is 2.85. The van der Waals surface area contributed by atoms with Crippen LogP contribution >= 0.6 is 11.3 Å². The fraction of sp³-hybridized carbons (Fsp3) is 0.231. The SMILES string of the molecule is COC(=O)c1ccnc(NC(C)c2ccsc2)c1N. The number of methoxy groups -OCH3 is 1. The van der Waals surface area contributed by atoms with Crippen LogP contribution in [0.15, 0.2) is 29.1 Å². The molecule has 5 nitrogen and oxygen atoms in total. The Morgan fingerprint density at radius 3 is 2.95 bits per heavy atom. The highest BCUT2D eigenvalue weighted by molar-refractivity contribution is 7.07. The number of pyridine rings is 1. The van der Waals surface area contributed by atoms with Crippen LogP contribution in [0.1, 0.15) is 28.9 Å². The van der Waals surface area contributed by atoms with Crippen LogP contribution in [0.25, 0.3) is 0 Å². The third-order valence-corrected chi connectivity index (χ3v) is 3.49. The first-order chi connectivity index (χ1) is 9.13. The summed E-state index contributed by atoms with van der Waals surface area (Å²) in [6.45, 7) is 2.01. The van der Waals surface area contributed by atoms with E-state index in [4.69, 9.17) is 5.73 Å². The van der Waals surface area contributed by atoms with Gasteiger partial charge in [0.1, 0.15) is 0 Å². The molecule has 0 aliphatic heterocycles. The van der Waals surface area contributed by atoms with Gasteiger partial charge >= 0.3 is 5.97 Å². The molecule has 3 N–H and O–H groups in total. The number of aromatic nitrogens is 1. The van der Waals surface area contributed by atoms with Crippen molar-refractivity contribution < 1.29 is 9.53 Å². The van der Waals surface area contributed by atoms with Crippen LogP contribution in [-0.4, -0.2) is 18.1 Å². The highest BCUT2D eigenvalue weighted by Gasteiger charge is 2.15. The van der Waals surface area contributed by atoms with E-state index in [2.05, 4.69) is 20.4 Å². The Kier molecular flexibility index (Phi) is 4.01. The largest absolute Gasteiger partial charge is 0.465 e. The minimum absolute atomic E-state index is 0.0638. The molecule has 2 aromatic rings. The molecule has 0 aromatic carbocycles. The molecule has 19 heavy (non-hydrogen) atoms. The zero-order valence-electron chi connectivity index (χ0n) is 10.7. The summed E-state index contributed by atoms with van der Waals surface area (Å²) in [5.74, 6) is 0.0211. The monoisotopic (exact) mass is 277 g/mol. The summed E-state index contributed by atoms with van der Waals surface area (Å²) >= 11 is 1.63. The van der Waals surface area contributed by atoms with E-state index in [9.17, 15) is 4.79 Å². The summed E-state index contributed by atoms with van der Waals surface area (Å²) in [6.07, 6.45) is 1.53. The van der Waals surface area contributed by atoms with Gasteiger partial charge in [-0.25, -0.2) is 9.78 Å². The van der Waals surface area contributed by atoms with E-state index in [-0.39, 0.29) is 6.04 Å². The lowest BCUT2D eigenvalue weighted by Crippen LogP contribution is -2.13. The van der Waals surface area contributed by atoms with Gasteiger partial charge in [0.25, 0.3) is 0 Å². The highest BCUT2D eigenvalue weighted by atomic mass is 32.1. The van der Waals surface area contributed by atoms with E-state index in [0.29, 0.717) is 17.1 Å². The van der Waals surface area contributed by atoms with Crippen molar-refractivity contribution in [3.63, 3.8) is 0 Å². The molecule has 2 rings (SSSR count). The predicted octanol–water partition coefficient (Wildman–Crippen LogP) is 2.69. The van der Waals surface area contributed by atoms with Gasteiger partial charge in [-0.1, -0.05) is 0 Å². The van der Waals surface area contributed by atoms with Crippen LogP contribution in [0.3, 0.4) is 0 Å². The maximum atomic E-state index is 11.5. The number of nitrogen functional groups attached to an aromatic ring is 1. The van der Waals surface area contributed by atoms with Crippen LogP contribution in [0, 0.1) is 0 Å². The van der Waals surface area contributed by atoms with Crippen molar-refractivity contribution in [1.29, 1.82) is 0 Å². The highest BCUT2D eigenvalue weighted by Crippen LogP contribution is 2.26. The molecule has 0 spiro atoms. The zero-order chi connectivity index (χ0) is 13.8. The molecule has 1 atom stereocenters. The molecule has 100 valence electrons. The maximum absolute atomic E-state index is 11.5. The summed E-state index contributed by atoms with van der Waals surface area (Å²) in [5, 5.41) is 7.26. The van der Waals surface area contributed by atoms with E-state index in [1.54, 1.807) is 17.4 Å². The quantitative estimate of drug-likeness (QED) is 0.840. The van der Waals surface area contributed by atoms with E-state index in [1.807, 2.05) is 18.4 Å². The molecular weight excluding hydrogens is 262 g/mol. The van der Waals surface area contributed by atoms with Crippen LogP contribution in [0.4, 0.5) is 11.5 Å². The van der Waals surface area contributed by atoms with Gasteiger partial charge in [0.15, 0.2) is 5.82 Å². The number of anilines is 2. The standard InChI is InChI=1S/C13H15N3O2S/c1-8(9-4-6-19-7-9)16-12-11(14)10(3-5-15-12)13(17)18-2/h3-8H,14H2,1-2H3,(H,15,16). The minimum atomic E-state index is -0.467. The number of thiophene rings is 1. The molecule has 0 bridgehead atoms. The fourth-order valence-electron chi connectivity index (χ4n) is 1.69. The summed E-state index contributed by atoms with van der Waals surface area (Å²) in [6, 6.07) is 3.64. The topological polar surface area (TPSA) is 77.2 Å². The van der Waals surface area contributed by atoms with E-state index < -0.39 is 5.97 Å². The number of hydrogen-bond acceptors (Lipinski definition) is 6. The number of nitrogens with one attached hydrogen (secondary N) is 1. The van der Waals surface area contributed by atoms with Gasteiger partial charge in [-0.05, 0) is 35.4 Å². The van der Waals surface area contributed by atoms with Crippen LogP contribution in [0.2, 0.25) is 0 Å². The number of rotatable bonds is 4. The Balaban J connectivity index is 2.24. The number of hydrogen-bond donors (Lipinski definition) is 2. The second kappa shape index (κ2) is 5.71. The van der Waals surface area contributed by atoms with E-state index >= 15 is 0 Å². The number of ether oxygens (including phenoxy) is 1. The normalized spacial score (nSPS) is 11.9. The lowest BCUT2D eigenvalue weighted by Gasteiger charge is -2.16. The predicted molar refractivity (Wildman–Crippen MR) is 76.3 cm³/mol. The van der Waals surface area contributed by atoms with Gasteiger partial charge in [0.2, 0.25) is 0 Å². The first-order valence-electron chi connectivity index (χ1n) is 5.75. The molecule has 0 aliphatic carbocycles. The average Bonchev–Trinajstić information content (AvgIpc) is 2.94. The van der Waals surface area contributed by atoms with Crippen molar-refractivity contribution in [2.45, 2.75) is 13.0 Å². The third-order valence-electron chi connectivity index (χ3n) is 2.79. The van der Waals surface area contributed by atoms with Crippen molar-refractivity contribution in [3.05, 3.63) is 40.2 Å². The molecule has 2 aromatic heterocycles. The Hall–Kier alpha value is -2.08. The molecule has 0 saturated carbocycles. The summed E-state index contributed by atoms with van der Waals surface area (Å²) in [4.78, 5) is 15.7. The van der Waals surface area contributed by atoms with E-state index in [0.717, 1.165) is 5.56 Å². The Morgan fingerprint density at radius 2 is 2.32 bits per heavy atom. The average molecular weight is 277 g/mol. The Labute approximate surface area is 115 Å². The summed E-state index contributed by atoms with van der Waals surface area (Å²) in [7, 11) is 1.32. The van der Waals surface area contributed by atoms with Gasteiger partial charge in [-0.2, -0.15) is 11.3 Å². The maximum Gasteiger partial charge on any atom is 0.340 e. The summed E-state index contributed by atoms with van der Waals surface area (Å²) < 4.78 is 4.68. The van der Waals surface area contributed by atoms with Crippen LogP contribution < -0.4 is 11.1 Å². The zero-order valence-corrected chi connectivity index (χ0v) is 11.5. The number of carbonyl (C=O) groups is 1. The molecule has 0 aliphatic rings. The second-order valence-electron chi connectivity index (χ2n) is 4.04. The Morgan fingerprint density at radius 1 is 1.53 bits per heavy atom. The molecular formula is C13H15N3O2S. The van der Waals surface area contributed by atoms with Gasteiger partial charge in [0, 0.05) is 6.20 Å². The molecule has 0 radical (unpaired) electrons. The lowest BCUT2D eigenvalue weighted by atomic mass is 10.1. The van der Waals surface area contributed by atoms with Crippen molar-refractivity contribution in [1.82, 2.24) is 4.98 Å². The van der Waals surface area contributed by atoms with Gasteiger partial charge < -0.3 is 15.8 Å². The van der Waals surface area contributed by atoms with Gasteiger partial charge in [-0.3, -0.25) is 0 Å². The number of esters is 1. The number of carbonyl (C=O) groups excluding carboxylic acids is 1. The van der Waals surface area contributed by atoms with Crippen molar-refractivity contribution >= 4 is 28.8 Å². The van der Waals surface area contributed by atoms with Crippen molar-refractivity contribution in [3.8, 4) is 0 Å². The van der Waals surface area contributed by atoms with Gasteiger partial charge in [-0.15, -0.1) is 0 Å².